The molecule has 1 aromatic heterocycles. The van der Waals surface area contributed by atoms with Gasteiger partial charge < -0.3 is 19.8 Å². The predicted molar refractivity (Wildman–Crippen MR) is 91.6 cm³/mol. The fourth-order valence-electron chi connectivity index (χ4n) is 3.52. The molecule has 2 aliphatic heterocycles. The van der Waals surface area contributed by atoms with Gasteiger partial charge in [-0.15, -0.1) is 0 Å². The van der Waals surface area contributed by atoms with Gasteiger partial charge in [-0.25, -0.2) is 9.59 Å². The van der Waals surface area contributed by atoms with Crippen LogP contribution in [0.2, 0.25) is 0 Å². The summed E-state index contributed by atoms with van der Waals surface area (Å²) in [5.74, 6) is 0.692. The summed E-state index contributed by atoms with van der Waals surface area (Å²) in [7, 11) is 0. The Morgan fingerprint density at radius 1 is 1.48 bits per heavy atom. The molecule has 0 radical (unpaired) electrons. The number of nitrogens with one attached hydrogen (secondary N) is 2. The summed E-state index contributed by atoms with van der Waals surface area (Å²) in [5, 5.41) is 5.57. The molecule has 0 spiro atoms. The fraction of sp³-hybridized carbons (Fsp3) is 0.556. The zero-order valence-corrected chi connectivity index (χ0v) is 14.7. The number of nitrogens with zero attached hydrogens (tertiary/aromatic N) is 1. The molecule has 0 aromatic carbocycles. The molecular formula is C18H25N3O4. The van der Waals surface area contributed by atoms with Crippen molar-refractivity contribution in [1.29, 1.82) is 0 Å². The van der Waals surface area contributed by atoms with Crippen LogP contribution in [0.4, 0.5) is 4.79 Å². The number of urea groups is 1. The number of amides is 2. The Bertz CT molecular complexity index is 653. The molecule has 3 rings (SSSR count). The minimum Gasteiger partial charge on any atom is -0.467 e. The number of carbonyl (C=O) groups excluding carboxylic acids is 2. The van der Waals surface area contributed by atoms with Crippen LogP contribution < -0.4 is 10.6 Å². The van der Waals surface area contributed by atoms with E-state index in [9.17, 15) is 9.59 Å². The SMILES string of the molecule is CCOC(=O)C1=C(CN2CCC[C@@H](C)C2)NC(=O)N[C@@H]1c1ccco1. The van der Waals surface area contributed by atoms with Crippen molar-refractivity contribution in [3.63, 3.8) is 0 Å². The molecule has 2 aliphatic rings. The Kier molecular flexibility index (Phi) is 5.43. The van der Waals surface area contributed by atoms with Gasteiger partial charge in [-0.3, -0.25) is 4.90 Å². The number of piperidine rings is 1. The Hall–Kier alpha value is -2.28. The van der Waals surface area contributed by atoms with E-state index in [-0.39, 0.29) is 12.6 Å². The molecule has 2 N–H and O–H groups in total. The number of esters is 1. The van der Waals surface area contributed by atoms with E-state index in [1.807, 2.05) is 0 Å². The number of rotatable bonds is 5. The monoisotopic (exact) mass is 347 g/mol. The maximum absolute atomic E-state index is 12.6. The van der Waals surface area contributed by atoms with Crippen molar-refractivity contribution in [3.05, 3.63) is 35.4 Å². The van der Waals surface area contributed by atoms with Crippen LogP contribution in [0.3, 0.4) is 0 Å². The molecule has 1 fully saturated rings. The molecule has 0 aliphatic carbocycles. The maximum atomic E-state index is 12.6. The zero-order valence-electron chi connectivity index (χ0n) is 14.7. The minimum absolute atomic E-state index is 0.273. The van der Waals surface area contributed by atoms with Crippen molar-refractivity contribution in [2.75, 3.05) is 26.2 Å². The molecule has 0 unspecified atom stereocenters. The summed E-state index contributed by atoms with van der Waals surface area (Å²) in [6.07, 6.45) is 3.86. The number of hydrogen-bond donors (Lipinski definition) is 2. The normalized spacial score (nSPS) is 24.6. The first-order valence-electron chi connectivity index (χ1n) is 8.82. The minimum atomic E-state index is -0.639. The third kappa shape index (κ3) is 4.04. The summed E-state index contributed by atoms with van der Waals surface area (Å²) in [5.41, 5.74) is 1.01. The van der Waals surface area contributed by atoms with Crippen molar-refractivity contribution in [2.24, 2.45) is 5.92 Å². The smallest absolute Gasteiger partial charge is 0.338 e. The highest BCUT2D eigenvalue weighted by atomic mass is 16.5. The van der Waals surface area contributed by atoms with Crippen LogP contribution >= 0.6 is 0 Å². The predicted octanol–water partition coefficient (Wildman–Crippen LogP) is 2.18. The summed E-state index contributed by atoms with van der Waals surface area (Å²) in [4.78, 5) is 27.0. The molecule has 1 aromatic rings. The number of likely N-dealkylation sites (tertiary alicyclic amines) is 1. The van der Waals surface area contributed by atoms with E-state index < -0.39 is 12.0 Å². The Morgan fingerprint density at radius 2 is 2.32 bits per heavy atom. The van der Waals surface area contributed by atoms with E-state index in [1.54, 1.807) is 19.1 Å². The van der Waals surface area contributed by atoms with E-state index in [1.165, 1.54) is 12.7 Å². The van der Waals surface area contributed by atoms with Crippen molar-refractivity contribution < 1.29 is 18.7 Å². The number of furan rings is 1. The van der Waals surface area contributed by atoms with Gasteiger partial charge in [0.15, 0.2) is 0 Å². The van der Waals surface area contributed by atoms with Crippen molar-refractivity contribution >= 4 is 12.0 Å². The molecule has 25 heavy (non-hydrogen) atoms. The highest BCUT2D eigenvalue weighted by Crippen LogP contribution is 2.29. The van der Waals surface area contributed by atoms with Crippen LogP contribution in [-0.2, 0) is 9.53 Å². The van der Waals surface area contributed by atoms with Crippen LogP contribution in [-0.4, -0.2) is 43.1 Å². The van der Waals surface area contributed by atoms with Crippen LogP contribution in [0.15, 0.2) is 34.1 Å². The first-order chi connectivity index (χ1) is 12.1. The second-order valence-electron chi connectivity index (χ2n) is 6.64. The van der Waals surface area contributed by atoms with Gasteiger partial charge in [0, 0.05) is 18.8 Å². The quantitative estimate of drug-likeness (QED) is 0.798. The highest BCUT2D eigenvalue weighted by molar-refractivity contribution is 5.95. The molecular weight excluding hydrogens is 322 g/mol. The first-order valence-corrected chi connectivity index (χ1v) is 8.82. The lowest BCUT2D eigenvalue weighted by molar-refractivity contribution is -0.139. The van der Waals surface area contributed by atoms with Crippen LogP contribution in [0, 0.1) is 5.92 Å². The average molecular weight is 347 g/mol. The Morgan fingerprint density at radius 3 is 3.00 bits per heavy atom. The van der Waals surface area contributed by atoms with E-state index >= 15 is 0 Å². The lowest BCUT2D eigenvalue weighted by atomic mass is 9.97. The van der Waals surface area contributed by atoms with Gasteiger partial charge in [-0.2, -0.15) is 0 Å². The average Bonchev–Trinajstić information content (AvgIpc) is 3.09. The van der Waals surface area contributed by atoms with Gasteiger partial charge in [0.25, 0.3) is 0 Å². The van der Waals surface area contributed by atoms with Crippen LogP contribution in [0.1, 0.15) is 38.5 Å². The van der Waals surface area contributed by atoms with Gasteiger partial charge in [-0.05, 0) is 44.4 Å². The number of ether oxygens (including phenoxy) is 1. The number of carbonyl (C=O) groups is 2. The Balaban J connectivity index is 1.93. The molecule has 7 nitrogen and oxygen atoms in total. The van der Waals surface area contributed by atoms with E-state index in [0.717, 1.165) is 19.5 Å². The molecule has 136 valence electrons. The summed E-state index contributed by atoms with van der Waals surface area (Å²) in [6.45, 7) is 6.69. The lowest BCUT2D eigenvalue weighted by Gasteiger charge is -2.34. The van der Waals surface area contributed by atoms with Gasteiger partial charge in [0.1, 0.15) is 11.8 Å². The molecule has 2 atom stereocenters. The van der Waals surface area contributed by atoms with E-state index in [4.69, 9.17) is 9.15 Å². The maximum Gasteiger partial charge on any atom is 0.338 e. The standard InChI is InChI=1S/C18H25N3O4/c1-3-24-17(22)15-13(11-21-8-4-6-12(2)10-21)19-18(23)20-16(15)14-7-5-9-25-14/h5,7,9,12,16H,3-4,6,8,10-11H2,1-2H3,(H2,19,20,23)/t12-,16-/m1/s1. The second kappa shape index (κ2) is 7.74. The van der Waals surface area contributed by atoms with Crippen LogP contribution in [0.5, 0.6) is 0 Å². The van der Waals surface area contributed by atoms with Gasteiger partial charge in [-0.1, -0.05) is 6.92 Å². The first kappa shape index (κ1) is 17.5. The summed E-state index contributed by atoms with van der Waals surface area (Å²) < 4.78 is 10.7. The van der Waals surface area contributed by atoms with Gasteiger partial charge in [0.2, 0.25) is 0 Å². The second-order valence-corrected chi connectivity index (χ2v) is 6.64. The summed E-state index contributed by atoms with van der Waals surface area (Å²) >= 11 is 0. The third-order valence-electron chi connectivity index (χ3n) is 4.60. The zero-order chi connectivity index (χ0) is 17.8. The van der Waals surface area contributed by atoms with Crippen molar-refractivity contribution in [2.45, 2.75) is 32.7 Å². The molecule has 0 bridgehead atoms. The summed E-state index contributed by atoms with van der Waals surface area (Å²) in [6, 6.07) is 2.50. The largest absolute Gasteiger partial charge is 0.467 e. The molecule has 3 heterocycles. The molecule has 1 saturated heterocycles. The lowest BCUT2D eigenvalue weighted by Crippen LogP contribution is -2.49. The van der Waals surface area contributed by atoms with Gasteiger partial charge in [0.05, 0.1) is 18.4 Å². The van der Waals surface area contributed by atoms with Crippen molar-refractivity contribution in [1.82, 2.24) is 15.5 Å². The number of hydrogen-bond acceptors (Lipinski definition) is 5. The molecule has 0 saturated carbocycles. The van der Waals surface area contributed by atoms with E-state index in [0.29, 0.717) is 29.5 Å². The topological polar surface area (TPSA) is 83.8 Å². The van der Waals surface area contributed by atoms with E-state index in [2.05, 4.69) is 22.5 Å². The highest BCUT2D eigenvalue weighted by Gasteiger charge is 2.36. The Labute approximate surface area is 147 Å². The molecule has 2 amide bonds. The third-order valence-corrected chi connectivity index (χ3v) is 4.60. The molecule has 7 heteroatoms. The van der Waals surface area contributed by atoms with Crippen molar-refractivity contribution in [3.8, 4) is 0 Å². The van der Waals surface area contributed by atoms with Crippen LogP contribution in [0.25, 0.3) is 0 Å². The van der Waals surface area contributed by atoms with Gasteiger partial charge >= 0.3 is 12.0 Å². The fourth-order valence-corrected chi connectivity index (χ4v) is 3.52.